The molecule has 2 aromatic heterocycles. The molecule has 2 atom stereocenters. The highest BCUT2D eigenvalue weighted by atomic mass is 32.1. The summed E-state index contributed by atoms with van der Waals surface area (Å²) in [6.45, 7) is 1.24. The number of benzene rings is 1. The van der Waals surface area contributed by atoms with Crippen molar-refractivity contribution in [2.24, 2.45) is 0 Å². The molecule has 1 N–H and O–H groups in total. The number of aliphatic hydroxyl groups excluding tert-OH is 1. The van der Waals surface area contributed by atoms with Crippen LogP contribution >= 0.6 is 11.3 Å². The molecule has 0 saturated carbocycles. The van der Waals surface area contributed by atoms with E-state index in [1.807, 2.05) is 11.4 Å². The van der Waals surface area contributed by atoms with Crippen molar-refractivity contribution in [1.29, 1.82) is 0 Å². The Bertz CT molecular complexity index is 911. The van der Waals surface area contributed by atoms with Crippen LogP contribution in [-0.2, 0) is 6.54 Å². The zero-order chi connectivity index (χ0) is 18.1. The Balaban J connectivity index is 1.58. The molecule has 1 fully saturated rings. The fraction of sp³-hybridized carbons (Fsp3) is 0.294. The number of aromatic nitrogens is 2. The lowest BCUT2D eigenvalue weighted by Crippen LogP contribution is -2.24. The minimum Gasteiger partial charge on any atom is -0.392 e. The smallest absolute Gasteiger partial charge is 0.270 e. The minimum atomic E-state index is -0.458. The third-order valence-corrected chi connectivity index (χ3v) is 5.22. The second kappa shape index (κ2) is 6.94. The number of nitro groups is 1. The van der Waals surface area contributed by atoms with Crippen LogP contribution in [-0.4, -0.2) is 37.7 Å². The Morgan fingerprint density at radius 3 is 3.04 bits per heavy atom. The predicted octanol–water partition coefficient (Wildman–Crippen LogP) is 3.01. The summed E-state index contributed by atoms with van der Waals surface area (Å²) in [5, 5.41) is 27.0. The second-order valence-corrected chi connectivity index (χ2v) is 7.21. The first-order chi connectivity index (χ1) is 12.6. The molecule has 1 aromatic carbocycles. The van der Waals surface area contributed by atoms with Gasteiger partial charge in [0.05, 0.1) is 17.1 Å². The topological polar surface area (TPSA) is 106 Å². The highest BCUT2D eigenvalue weighted by molar-refractivity contribution is 7.09. The molecule has 0 amide bonds. The van der Waals surface area contributed by atoms with Gasteiger partial charge in [-0.2, -0.15) is 4.98 Å². The molecule has 3 heterocycles. The van der Waals surface area contributed by atoms with Crippen LogP contribution in [0.5, 0.6) is 0 Å². The summed E-state index contributed by atoms with van der Waals surface area (Å²) in [4.78, 5) is 18.2. The van der Waals surface area contributed by atoms with Crippen molar-refractivity contribution >= 4 is 17.0 Å². The van der Waals surface area contributed by atoms with E-state index in [2.05, 4.69) is 21.1 Å². The lowest BCUT2D eigenvalue weighted by atomic mass is 10.2. The summed E-state index contributed by atoms with van der Waals surface area (Å²) in [6.07, 6.45) is 0.0650. The van der Waals surface area contributed by atoms with Crippen LogP contribution < -0.4 is 0 Å². The van der Waals surface area contributed by atoms with E-state index in [0.717, 1.165) is 0 Å². The van der Waals surface area contributed by atoms with Gasteiger partial charge in [-0.3, -0.25) is 15.0 Å². The number of β-amino-alcohol motifs (C(OH)–C–C–N with tert-alkyl or cyclic N) is 1. The number of non-ortho nitro benzene ring substituents is 1. The summed E-state index contributed by atoms with van der Waals surface area (Å²) in [5.41, 5.74) is 0.502. The Labute approximate surface area is 152 Å². The monoisotopic (exact) mass is 372 g/mol. The van der Waals surface area contributed by atoms with Crippen molar-refractivity contribution < 1.29 is 14.6 Å². The van der Waals surface area contributed by atoms with Crippen molar-refractivity contribution in [3.05, 3.63) is 62.7 Å². The second-order valence-electron chi connectivity index (χ2n) is 6.18. The highest BCUT2D eigenvalue weighted by Crippen LogP contribution is 2.34. The number of rotatable bonds is 5. The largest absolute Gasteiger partial charge is 0.392 e. The Hall–Kier alpha value is -2.62. The third kappa shape index (κ3) is 3.36. The molecule has 134 valence electrons. The fourth-order valence-electron chi connectivity index (χ4n) is 3.16. The van der Waals surface area contributed by atoms with Crippen LogP contribution in [0.1, 0.15) is 23.2 Å². The van der Waals surface area contributed by atoms with Crippen molar-refractivity contribution in [3.8, 4) is 11.4 Å². The average Bonchev–Trinajstić information content (AvgIpc) is 3.36. The molecule has 1 saturated heterocycles. The molecule has 0 unspecified atom stereocenters. The molecule has 26 heavy (non-hydrogen) atoms. The number of nitro benzene ring substituents is 1. The molecular weight excluding hydrogens is 356 g/mol. The van der Waals surface area contributed by atoms with E-state index >= 15 is 0 Å². The molecular formula is C17H16N4O4S. The molecule has 9 heteroatoms. The van der Waals surface area contributed by atoms with E-state index in [0.29, 0.717) is 36.8 Å². The molecule has 0 radical (unpaired) electrons. The van der Waals surface area contributed by atoms with Crippen LogP contribution in [0.3, 0.4) is 0 Å². The quantitative estimate of drug-likeness (QED) is 0.542. The van der Waals surface area contributed by atoms with E-state index in [4.69, 9.17) is 4.52 Å². The molecule has 0 bridgehead atoms. The molecule has 8 nitrogen and oxygen atoms in total. The van der Waals surface area contributed by atoms with Gasteiger partial charge in [0.2, 0.25) is 11.7 Å². The predicted molar refractivity (Wildman–Crippen MR) is 94.5 cm³/mol. The van der Waals surface area contributed by atoms with Gasteiger partial charge >= 0.3 is 0 Å². The van der Waals surface area contributed by atoms with Crippen LogP contribution in [0.25, 0.3) is 11.4 Å². The molecule has 0 spiro atoms. The SMILES string of the molecule is O=[N+]([O-])c1cccc(-c2noc([C@@H]3C[C@@H](O)CN3Cc3cccs3)n2)c1. The Kier molecular flexibility index (Phi) is 4.49. The van der Waals surface area contributed by atoms with Crippen molar-refractivity contribution in [2.45, 2.75) is 25.1 Å². The van der Waals surface area contributed by atoms with Gasteiger partial charge < -0.3 is 9.63 Å². The van der Waals surface area contributed by atoms with E-state index in [1.54, 1.807) is 23.5 Å². The first kappa shape index (κ1) is 16.8. The summed E-state index contributed by atoms with van der Waals surface area (Å²) in [5.74, 6) is 0.723. The molecule has 1 aliphatic heterocycles. The van der Waals surface area contributed by atoms with Crippen molar-refractivity contribution in [1.82, 2.24) is 15.0 Å². The summed E-state index contributed by atoms with van der Waals surface area (Å²) < 4.78 is 5.42. The number of hydrogen-bond donors (Lipinski definition) is 1. The molecule has 0 aliphatic carbocycles. The van der Waals surface area contributed by atoms with Gasteiger partial charge in [0.25, 0.3) is 5.69 Å². The highest BCUT2D eigenvalue weighted by Gasteiger charge is 2.36. The summed E-state index contributed by atoms with van der Waals surface area (Å²) in [6, 6.07) is 10.00. The molecule has 4 rings (SSSR count). The summed E-state index contributed by atoms with van der Waals surface area (Å²) in [7, 11) is 0. The van der Waals surface area contributed by atoms with Gasteiger partial charge in [0.1, 0.15) is 0 Å². The van der Waals surface area contributed by atoms with E-state index < -0.39 is 11.0 Å². The van der Waals surface area contributed by atoms with Gasteiger partial charge in [0, 0.05) is 35.7 Å². The van der Waals surface area contributed by atoms with E-state index in [1.165, 1.54) is 17.0 Å². The summed E-state index contributed by atoms with van der Waals surface area (Å²) >= 11 is 1.66. The van der Waals surface area contributed by atoms with Crippen molar-refractivity contribution in [2.75, 3.05) is 6.54 Å². The molecule has 1 aliphatic rings. The maximum Gasteiger partial charge on any atom is 0.270 e. The van der Waals surface area contributed by atoms with Gasteiger partial charge in [-0.05, 0) is 17.9 Å². The van der Waals surface area contributed by atoms with Crippen LogP contribution in [0.15, 0.2) is 46.3 Å². The van der Waals surface area contributed by atoms with Crippen LogP contribution in [0, 0.1) is 10.1 Å². The zero-order valence-corrected chi connectivity index (χ0v) is 14.5. The fourth-order valence-corrected chi connectivity index (χ4v) is 3.89. The lowest BCUT2D eigenvalue weighted by molar-refractivity contribution is -0.384. The standard InChI is InChI=1S/C17H16N4O4S/c22-13-8-15(20(9-13)10-14-5-2-6-26-14)17-18-16(19-25-17)11-3-1-4-12(7-11)21(23)24/h1-7,13,15,22H,8-10H2/t13-,15+/m1/s1. The molecule has 3 aromatic rings. The third-order valence-electron chi connectivity index (χ3n) is 4.36. The lowest BCUT2D eigenvalue weighted by Gasteiger charge is -2.20. The zero-order valence-electron chi connectivity index (χ0n) is 13.7. The first-order valence-electron chi connectivity index (χ1n) is 8.13. The maximum atomic E-state index is 10.9. The Morgan fingerprint density at radius 1 is 1.38 bits per heavy atom. The maximum absolute atomic E-state index is 10.9. The minimum absolute atomic E-state index is 0.0236. The number of aliphatic hydroxyl groups is 1. The van der Waals surface area contributed by atoms with Crippen LogP contribution in [0.4, 0.5) is 5.69 Å². The average molecular weight is 372 g/mol. The number of thiophene rings is 1. The number of likely N-dealkylation sites (tertiary alicyclic amines) is 1. The van der Waals surface area contributed by atoms with Gasteiger partial charge in [-0.15, -0.1) is 11.3 Å². The number of hydrogen-bond acceptors (Lipinski definition) is 8. The van der Waals surface area contributed by atoms with Crippen molar-refractivity contribution in [3.63, 3.8) is 0 Å². The normalized spacial score (nSPS) is 20.5. The van der Waals surface area contributed by atoms with E-state index in [-0.39, 0.29) is 11.7 Å². The van der Waals surface area contributed by atoms with Crippen LogP contribution in [0.2, 0.25) is 0 Å². The van der Waals surface area contributed by atoms with Gasteiger partial charge in [0.15, 0.2) is 0 Å². The number of nitrogens with zero attached hydrogens (tertiary/aromatic N) is 4. The van der Waals surface area contributed by atoms with Gasteiger partial charge in [-0.1, -0.05) is 23.4 Å². The first-order valence-corrected chi connectivity index (χ1v) is 9.01. The Morgan fingerprint density at radius 2 is 2.27 bits per heavy atom. The van der Waals surface area contributed by atoms with E-state index in [9.17, 15) is 15.2 Å². The van der Waals surface area contributed by atoms with Gasteiger partial charge in [-0.25, -0.2) is 0 Å².